The van der Waals surface area contributed by atoms with Gasteiger partial charge in [-0.05, 0) is 23.7 Å². The Bertz CT molecular complexity index is 417. The third-order valence-corrected chi connectivity index (χ3v) is 4.75. The van der Waals surface area contributed by atoms with Crippen LogP contribution in [-0.4, -0.2) is 11.1 Å². The fourth-order valence-corrected chi connectivity index (χ4v) is 3.08. The van der Waals surface area contributed by atoms with Gasteiger partial charge in [0, 0.05) is 5.57 Å². The molecule has 0 spiro atoms. The molecule has 20 heavy (non-hydrogen) atoms. The summed E-state index contributed by atoms with van der Waals surface area (Å²) in [5, 5.41) is 18.5. The average molecular weight is 277 g/mol. The molecule has 3 unspecified atom stereocenters. The molecule has 0 aliphatic heterocycles. The van der Waals surface area contributed by atoms with Crippen LogP contribution < -0.4 is 0 Å². The standard InChI is InChI=1S/C17H27NO2/c1-5-7-8-12(6-2)9-13(11-18)10-14-15(16(19)20)17(14,3)4/h10,12,14-15H,5-9H2,1-4H3,(H,19,20). The van der Waals surface area contributed by atoms with E-state index in [1.807, 2.05) is 19.9 Å². The lowest BCUT2D eigenvalue weighted by Crippen LogP contribution is -2.03. The summed E-state index contributed by atoms with van der Waals surface area (Å²) in [5.74, 6) is -0.516. The molecule has 1 fully saturated rings. The monoisotopic (exact) mass is 277 g/mol. The zero-order valence-corrected chi connectivity index (χ0v) is 13.1. The Labute approximate surface area is 122 Å². The number of hydrogen-bond donors (Lipinski definition) is 1. The molecule has 0 bridgehead atoms. The molecule has 0 amide bonds. The molecule has 1 N–H and O–H groups in total. The second-order valence-electron chi connectivity index (χ2n) is 6.59. The molecule has 1 rings (SSSR count). The molecule has 1 aliphatic carbocycles. The van der Waals surface area contributed by atoms with Crippen LogP contribution in [0.3, 0.4) is 0 Å². The normalized spacial score (nSPS) is 25.9. The first-order chi connectivity index (χ1) is 9.38. The first kappa shape index (κ1) is 16.8. The van der Waals surface area contributed by atoms with E-state index in [2.05, 4.69) is 19.9 Å². The van der Waals surface area contributed by atoms with Crippen LogP contribution in [0.1, 0.15) is 59.8 Å². The van der Waals surface area contributed by atoms with Crippen molar-refractivity contribution >= 4 is 5.97 Å². The highest BCUT2D eigenvalue weighted by Gasteiger charge is 2.60. The number of rotatable bonds is 8. The van der Waals surface area contributed by atoms with Crippen molar-refractivity contribution in [2.75, 3.05) is 0 Å². The van der Waals surface area contributed by atoms with E-state index in [-0.39, 0.29) is 17.3 Å². The SMILES string of the molecule is CCCCC(CC)CC(C#N)=CC1C(C(=O)O)C1(C)C. The van der Waals surface area contributed by atoms with Gasteiger partial charge in [-0.15, -0.1) is 0 Å². The molecule has 3 heteroatoms. The van der Waals surface area contributed by atoms with E-state index in [0.29, 0.717) is 5.92 Å². The van der Waals surface area contributed by atoms with Crippen LogP contribution in [-0.2, 0) is 4.79 Å². The first-order valence-corrected chi connectivity index (χ1v) is 7.72. The summed E-state index contributed by atoms with van der Waals surface area (Å²) in [6, 6.07) is 2.28. The van der Waals surface area contributed by atoms with Gasteiger partial charge in [0.15, 0.2) is 0 Å². The Morgan fingerprint density at radius 3 is 2.50 bits per heavy atom. The molecule has 112 valence electrons. The number of carboxylic acids is 1. The highest BCUT2D eigenvalue weighted by atomic mass is 16.4. The largest absolute Gasteiger partial charge is 0.481 e. The van der Waals surface area contributed by atoms with E-state index < -0.39 is 5.97 Å². The second-order valence-corrected chi connectivity index (χ2v) is 6.59. The van der Waals surface area contributed by atoms with Crippen LogP contribution in [0, 0.1) is 34.5 Å². The lowest BCUT2D eigenvalue weighted by Gasteiger charge is -2.13. The summed E-state index contributed by atoms with van der Waals surface area (Å²) in [4.78, 5) is 11.2. The van der Waals surface area contributed by atoms with Crippen LogP contribution >= 0.6 is 0 Å². The van der Waals surface area contributed by atoms with Crippen molar-refractivity contribution in [3.05, 3.63) is 11.6 Å². The average Bonchev–Trinajstić information content (AvgIpc) is 2.94. The van der Waals surface area contributed by atoms with Crippen molar-refractivity contribution in [2.24, 2.45) is 23.2 Å². The number of carboxylic acid groups (broad SMARTS) is 1. The van der Waals surface area contributed by atoms with Gasteiger partial charge < -0.3 is 5.11 Å². The summed E-state index contributed by atoms with van der Waals surface area (Å²) >= 11 is 0. The Morgan fingerprint density at radius 1 is 1.45 bits per heavy atom. The van der Waals surface area contributed by atoms with Gasteiger partial charge in [0.25, 0.3) is 0 Å². The lowest BCUT2D eigenvalue weighted by molar-refractivity contribution is -0.139. The van der Waals surface area contributed by atoms with Crippen molar-refractivity contribution in [2.45, 2.75) is 59.8 Å². The molecule has 0 saturated heterocycles. The summed E-state index contributed by atoms with van der Waals surface area (Å²) in [6.07, 6.45) is 7.33. The number of aliphatic carboxylic acids is 1. The van der Waals surface area contributed by atoms with E-state index in [0.717, 1.165) is 24.8 Å². The van der Waals surface area contributed by atoms with Gasteiger partial charge in [-0.3, -0.25) is 4.79 Å². The van der Waals surface area contributed by atoms with Gasteiger partial charge >= 0.3 is 5.97 Å². The zero-order chi connectivity index (χ0) is 15.3. The fourth-order valence-electron chi connectivity index (χ4n) is 3.08. The van der Waals surface area contributed by atoms with Crippen LogP contribution in [0.2, 0.25) is 0 Å². The van der Waals surface area contributed by atoms with Crippen molar-refractivity contribution in [3.8, 4) is 6.07 Å². The molecule has 1 saturated carbocycles. The molecule has 0 aromatic rings. The molecular weight excluding hydrogens is 250 g/mol. The zero-order valence-electron chi connectivity index (χ0n) is 13.1. The molecule has 1 aliphatic rings. The summed E-state index contributed by atoms with van der Waals surface area (Å²) in [7, 11) is 0. The Hall–Kier alpha value is -1.30. The minimum absolute atomic E-state index is 0.0123. The summed E-state index contributed by atoms with van der Waals surface area (Å²) in [5.41, 5.74) is 0.564. The molecule has 3 nitrogen and oxygen atoms in total. The molecule has 0 heterocycles. The minimum atomic E-state index is -0.744. The predicted octanol–water partition coefficient (Wildman–Crippen LogP) is 4.40. The summed E-state index contributed by atoms with van der Waals surface area (Å²) in [6.45, 7) is 8.28. The highest BCUT2D eigenvalue weighted by molar-refractivity contribution is 5.76. The maximum absolute atomic E-state index is 11.2. The maximum atomic E-state index is 11.2. The van der Waals surface area contributed by atoms with Crippen molar-refractivity contribution in [1.82, 2.24) is 0 Å². The number of unbranched alkanes of at least 4 members (excludes halogenated alkanes) is 1. The van der Waals surface area contributed by atoms with Crippen molar-refractivity contribution < 1.29 is 9.90 Å². The van der Waals surface area contributed by atoms with Crippen LogP contribution in [0.15, 0.2) is 11.6 Å². The maximum Gasteiger partial charge on any atom is 0.307 e. The lowest BCUT2D eigenvalue weighted by atomic mass is 9.91. The van der Waals surface area contributed by atoms with Crippen LogP contribution in [0.4, 0.5) is 0 Å². The van der Waals surface area contributed by atoms with E-state index in [9.17, 15) is 15.2 Å². The van der Waals surface area contributed by atoms with Crippen molar-refractivity contribution in [3.63, 3.8) is 0 Å². The van der Waals surface area contributed by atoms with Gasteiger partial charge in [-0.25, -0.2) is 0 Å². The van der Waals surface area contributed by atoms with Gasteiger partial charge in [0.05, 0.1) is 12.0 Å². The Morgan fingerprint density at radius 2 is 2.10 bits per heavy atom. The molecular formula is C17H27NO2. The third-order valence-electron chi connectivity index (χ3n) is 4.75. The first-order valence-electron chi connectivity index (χ1n) is 7.72. The third kappa shape index (κ3) is 3.85. The van der Waals surface area contributed by atoms with Gasteiger partial charge in [-0.2, -0.15) is 5.26 Å². The van der Waals surface area contributed by atoms with Crippen LogP contribution in [0.5, 0.6) is 0 Å². The highest BCUT2D eigenvalue weighted by Crippen LogP contribution is 2.59. The Balaban J connectivity index is 2.70. The van der Waals surface area contributed by atoms with Crippen molar-refractivity contribution in [1.29, 1.82) is 5.26 Å². The molecule has 0 aromatic carbocycles. The number of nitrogens with zero attached hydrogens (tertiary/aromatic N) is 1. The number of allylic oxidation sites excluding steroid dienone is 2. The number of carbonyl (C=O) groups is 1. The second kappa shape index (κ2) is 6.92. The topological polar surface area (TPSA) is 61.1 Å². The van der Waals surface area contributed by atoms with Gasteiger partial charge in [0.2, 0.25) is 0 Å². The predicted molar refractivity (Wildman–Crippen MR) is 80.0 cm³/mol. The number of hydrogen-bond acceptors (Lipinski definition) is 2. The molecule has 3 atom stereocenters. The Kier molecular flexibility index (Phi) is 5.80. The van der Waals surface area contributed by atoms with E-state index in [4.69, 9.17) is 0 Å². The minimum Gasteiger partial charge on any atom is -0.481 e. The smallest absolute Gasteiger partial charge is 0.307 e. The fraction of sp³-hybridized carbons (Fsp3) is 0.765. The summed E-state index contributed by atoms with van der Waals surface area (Å²) < 4.78 is 0. The van der Waals surface area contributed by atoms with E-state index >= 15 is 0 Å². The molecule has 0 radical (unpaired) electrons. The van der Waals surface area contributed by atoms with E-state index in [1.165, 1.54) is 12.8 Å². The van der Waals surface area contributed by atoms with E-state index in [1.54, 1.807) is 0 Å². The number of nitriles is 1. The van der Waals surface area contributed by atoms with Crippen LogP contribution in [0.25, 0.3) is 0 Å². The quantitative estimate of drug-likeness (QED) is 0.669. The molecule has 0 aromatic heterocycles. The van der Waals surface area contributed by atoms with Gasteiger partial charge in [-0.1, -0.05) is 59.5 Å². The van der Waals surface area contributed by atoms with Gasteiger partial charge in [0.1, 0.15) is 0 Å².